The first-order chi connectivity index (χ1) is 8.69. The van der Waals surface area contributed by atoms with Gasteiger partial charge in [0.25, 0.3) is 0 Å². The Morgan fingerprint density at radius 3 is 1.89 bits per heavy atom. The van der Waals surface area contributed by atoms with Crippen LogP contribution >= 0.6 is 23.2 Å². The van der Waals surface area contributed by atoms with Gasteiger partial charge in [-0.1, -0.05) is 35.3 Å². The van der Waals surface area contributed by atoms with Crippen LogP contribution in [0.3, 0.4) is 0 Å². The molecule has 2 aromatic carbocycles. The van der Waals surface area contributed by atoms with Gasteiger partial charge in [-0.3, -0.25) is 0 Å². The van der Waals surface area contributed by atoms with Crippen LogP contribution in [-0.4, -0.2) is 11.7 Å². The number of aliphatic hydroxyl groups is 1. The molecule has 2 N–H and O–H groups in total. The highest BCUT2D eigenvalue weighted by Gasteiger charge is 2.09. The second-order valence-electron chi connectivity index (χ2n) is 3.94. The molecule has 0 aliphatic heterocycles. The first kappa shape index (κ1) is 13.2. The molecular weight excluding hydrogens is 269 g/mol. The first-order valence-corrected chi connectivity index (χ1v) is 6.33. The Bertz CT molecular complexity index is 496. The molecule has 1 atom stereocenters. The van der Waals surface area contributed by atoms with E-state index < -0.39 is 0 Å². The van der Waals surface area contributed by atoms with Crippen LogP contribution in [-0.2, 0) is 0 Å². The van der Waals surface area contributed by atoms with Crippen molar-refractivity contribution in [3.05, 3.63) is 64.1 Å². The fourth-order valence-electron chi connectivity index (χ4n) is 1.68. The summed E-state index contributed by atoms with van der Waals surface area (Å²) in [5.41, 5.74) is 1.89. The molecule has 2 rings (SSSR count). The largest absolute Gasteiger partial charge is 0.394 e. The van der Waals surface area contributed by atoms with E-state index in [1.165, 1.54) is 0 Å². The van der Waals surface area contributed by atoms with E-state index in [0.717, 1.165) is 11.3 Å². The molecule has 0 aromatic heterocycles. The lowest BCUT2D eigenvalue weighted by Gasteiger charge is -2.18. The lowest BCUT2D eigenvalue weighted by Crippen LogP contribution is -2.14. The van der Waals surface area contributed by atoms with Crippen molar-refractivity contribution >= 4 is 28.9 Å². The summed E-state index contributed by atoms with van der Waals surface area (Å²) in [7, 11) is 0. The fraction of sp³-hybridized carbons (Fsp3) is 0.143. The van der Waals surface area contributed by atoms with Gasteiger partial charge in [0.05, 0.1) is 12.6 Å². The van der Waals surface area contributed by atoms with E-state index in [4.69, 9.17) is 23.2 Å². The van der Waals surface area contributed by atoms with Crippen molar-refractivity contribution < 1.29 is 5.11 Å². The number of benzene rings is 2. The molecule has 0 fully saturated rings. The van der Waals surface area contributed by atoms with Crippen LogP contribution in [0.25, 0.3) is 0 Å². The molecule has 1 unspecified atom stereocenters. The van der Waals surface area contributed by atoms with Crippen molar-refractivity contribution in [3.63, 3.8) is 0 Å². The summed E-state index contributed by atoms with van der Waals surface area (Å²) < 4.78 is 0. The monoisotopic (exact) mass is 281 g/mol. The third kappa shape index (κ3) is 3.39. The van der Waals surface area contributed by atoms with Gasteiger partial charge in [-0.2, -0.15) is 0 Å². The van der Waals surface area contributed by atoms with Crippen molar-refractivity contribution in [2.45, 2.75) is 6.04 Å². The maximum Gasteiger partial charge on any atom is 0.0745 e. The second-order valence-corrected chi connectivity index (χ2v) is 4.81. The molecule has 0 heterocycles. The number of hydrogen-bond donors (Lipinski definition) is 2. The predicted octanol–water partition coefficient (Wildman–Crippen LogP) is 4.14. The quantitative estimate of drug-likeness (QED) is 0.883. The Labute approximate surface area is 116 Å². The smallest absolute Gasteiger partial charge is 0.0745 e. The fourth-order valence-corrected chi connectivity index (χ4v) is 1.93. The van der Waals surface area contributed by atoms with Crippen LogP contribution in [0.5, 0.6) is 0 Å². The van der Waals surface area contributed by atoms with E-state index >= 15 is 0 Å². The van der Waals surface area contributed by atoms with Crippen LogP contribution < -0.4 is 5.32 Å². The second kappa shape index (κ2) is 6.10. The van der Waals surface area contributed by atoms with Crippen molar-refractivity contribution in [3.8, 4) is 0 Å². The number of rotatable bonds is 4. The highest BCUT2D eigenvalue weighted by molar-refractivity contribution is 6.30. The third-order valence-electron chi connectivity index (χ3n) is 2.64. The van der Waals surface area contributed by atoms with Gasteiger partial charge >= 0.3 is 0 Å². The highest BCUT2D eigenvalue weighted by Crippen LogP contribution is 2.22. The summed E-state index contributed by atoms with van der Waals surface area (Å²) >= 11 is 11.7. The molecule has 0 aliphatic carbocycles. The standard InChI is InChI=1S/C14H13Cl2NO/c15-11-3-1-10(2-4-11)14(9-18)17-13-7-5-12(16)6-8-13/h1-8,14,17-18H,9H2. The molecule has 2 nitrogen and oxygen atoms in total. The molecule has 0 radical (unpaired) electrons. The number of halogens is 2. The Morgan fingerprint density at radius 1 is 0.889 bits per heavy atom. The maximum atomic E-state index is 9.44. The van der Waals surface area contributed by atoms with Gasteiger partial charge < -0.3 is 10.4 Å². The van der Waals surface area contributed by atoms with Crippen molar-refractivity contribution in [1.29, 1.82) is 0 Å². The van der Waals surface area contributed by atoms with E-state index in [1.54, 1.807) is 12.1 Å². The zero-order valence-corrected chi connectivity index (χ0v) is 11.1. The minimum atomic E-state index is -0.163. The average molecular weight is 282 g/mol. The van der Waals surface area contributed by atoms with Gasteiger partial charge in [-0.05, 0) is 42.0 Å². The number of nitrogens with one attached hydrogen (secondary N) is 1. The lowest BCUT2D eigenvalue weighted by atomic mass is 10.1. The minimum absolute atomic E-state index is 0.00423. The summed E-state index contributed by atoms with van der Waals surface area (Å²) in [6, 6.07) is 14.6. The summed E-state index contributed by atoms with van der Waals surface area (Å²) in [5.74, 6) is 0. The molecule has 94 valence electrons. The first-order valence-electron chi connectivity index (χ1n) is 5.57. The van der Waals surface area contributed by atoms with Gasteiger partial charge in [-0.15, -0.1) is 0 Å². The normalized spacial score (nSPS) is 12.2. The zero-order chi connectivity index (χ0) is 13.0. The predicted molar refractivity (Wildman–Crippen MR) is 76.4 cm³/mol. The van der Waals surface area contributed by atoms with Crippen LogP contribution in [0.15, 0.2) is 48.5 Å². The molecule has 0 amide bonds. The maximum absolute atomic E-state index is 9.44. The van der Waals surface area contributed by atoms with E-state index in [9.17, 15) is 5.11 Å². The van der Waals surface area contributed by atoms with Crippen molar-refractivity contribution in [1.82, 2.24) is 0 Å². The molecule has 0 spiro atoms. The molecular formula is C14H13Cl2NO. The van der Waals surface area contributed by atoms with Crippen molar-refractivity contribution in [2.75, 3.05) is 11.9 Å². The van der Waals surface area contributed by atoms with Crippen LogP contribution in [0.2, 0.25) is 10.0 Å². The molecule has 0 saturated carbocycles. The van der Waals surface area contributed by atoms with Gasteiger partial charge in [0.15, 0.2) is 0 Å². The number of anilines is 1. The topological polar surface area (TPSA) is 32.3 Å². The highest BCUT2D eigenvalue weighted by atomic mass is 35.5. The zero-order valence-electron chi connectivity index (χ0n) is 9.61. The molecule has 0 saturated heterocycles. The Balaban J connectivity index is 2.14. The third-order valence-corrected chi connectivity index (χ3v) is 3.14. The van der Waals surface area contributed by atoms with E-state index in [0.29, 0.717) is 10.0 Å². The summed E-state index contributed by atoms with van der Waals surface area (Å²) in [5, 5.41) is 14.1. The summed E-state index contributed by atoms with van der Waals surface area (Å²) in [4.78, 5) is 0. The summed E-state index contributed by atoms with van der Waals surface area (Å²) in [6.07, 6.45) is 0. The average Bonchev–Trinajstić information content (AvgIpc) is 2.39. The number of hydrogen-bond acceptors (Lipinski definition) is 2. The van der Waals surface area contributed by atoms with Gasteiger partial charge in [-0.25, -0.2) is 0 Å². The van der Waals surface area contributed by atoms with Gasteiger partial charge in [0, 0.05) is 15.7 Å². The van der Waals surface area contributed by atoms with Crippen LogP contribution in [0.4, 0.5) is 5.69 Å². The Morgan fingerprint density at radius 2 is 1.39 bits per heavy atom. The SMILES string of the molecule is OCC(Nc1ccc(Cl)cc1)c1ccc(Cl)cc1. The molecule has 4 heteroatoms. The molecule has 0 aliphatic rings. The summed E-state index contributed by atoms with van der Waals surface area (Å²) in [6.45, 7) is 0.00423. The van der Waals surface area contributed by atoms with E-state index in [1.807, 2.05) is 36.4 Å². The minimum Gasteiger partial charge on any atom is -0.394 e. The van der Waals surface area contributed by atoms with E-state index in [2.05, 4.69) is 5.32 Å². The van der Waals surface area contributed by atoms with Gasteiger partial charge in [0.2, 0.25) is 0 Å². The van der Waals surface area contributed by atoms with E-state index in [-0.39, 0.29) is 12.6 Å². The number of aliphatic hydroxyl groups excluding tert-OH is 1. The Kier molecular flexibility index (Phi) is 4.48. The van der Waals surface area contributed by atoms with Crippen molar-refractivity contribution in [2.24, 2.45) is 0 Å². The van der Waals surface area contributed by atoms with Crippen LogP contribution in [0, 0.1) is 0 Å². The van der Waals surface area contributed by atoms with Gasteiger partial charge in [0.1, 0.15) is 0 Å². The molecule has 0 bridgehead atoms. The molecule has 18 heavy (non-hydrogen) atoms. The van der Waals surface area contributed by atoms with Crippen LogP contribution in [0.1, 0.15) is 11.6 Å². The molecule has 2 aromatic rings. The lowest BCUT2D eigenvalue weighted by molar-refractivity contribution is 0.276. The Hall–Kier alpha value is -1.22.